The molecular formula is C18H24N4O3S. The van der Waals surface area contributed by atoms with Crippen LogP contribution in [0.15, 0.2) is 41.3 Å². The maximum atomic E-state index is 12.5. The summed E-state index contributed by atoms with van der Waals surface area (Å²) in [5.41, 5.74) is 0. The zero-order chi connectivity index (χ0) is 18.6. The molecule has 2 heterocycles. The predicted molar refractivity (Wildman–Crippen MR) is 101 cm³/mol. The Morgan fingerprint density at radius 2 is 1.96 bits per heavy atom. The summed E-state index contributed by atoms with van der Waals surface area (Å²) in [4.78, 5) is 2.34. The van der Waals surface area contributed by atoms with Crippen LogP contribution >= 0.6 is 0 Å². The van der Waals surface area contributed by atoms with Crippen molar-refractivity contribution in [3.63, 3.8) is 0 Å². The quantitative estimate of drug-likeness (QED) is 0.834. The lowest BCUT2D eigenvalue weighted by Crippen LogP contribution is -2.34. The number of sulfonamides is 1. The minimum absolute atomic E-state index is 0.150. The SMILES string of the molecule is CCOc1ccc(S(=O)(=O)Nc2ccc(N3CCCC(C)C3)nn2)cc1. The van der Waals surface area contributed by atoms with E-state index in [1.54, 1.807) is 24.3 Å². The van der Waals surface area contributed by atoms with E-state index in [0.717, 1.165) is 25.3 Å². The number of nitrogens with one attached hydrogen (secondary N) is 1. The minimum Gasteiger partial charge on any atom is -0.494 e. The third kappa shape index (κ3) is 4.43. The van der Waals surface area contributed by atoms with E-state index in [9.17, 15) is 8.42 Å². The first-order chi connectivity index (χ1) is 12.5. The fourth-order valence-corrected chi connectivity index (χ4v) is 4.02. The summed E-state index contributed by atoms with van der Waals surface area (Å²) >= 11 is 0. The van der Waals surface area contributed by atoms with Gasteiger partial charge in [-0.25, -0.2) is 8.42 Å². The molecule has 0 spiro atoms. The second-order valence-electron chi connectivity index (χ2n) is 6.48. The van der Waals surface area contributed by atoms with Crippen molar-refractivity contribution in [3.05, 3.63) is 36.4 Å². The van der Waals surface area contributed by atoms with Crippen LogP contribution < -0.4 is 14.4 Å². The van der Waals surface area contributed by atoms with Gasteiger partial charge in [0, 0.05) is 13.1 Å². The Morgan fingerprint density at radius 3 is 2.58 bits per heavy atom. The summed E-state index contributed by atoms with van der Waals surface area (Å²) in [5, 5.41) is 8.21. The van der Waals surface area contributed by atoms with Gasteiger partial charge in [-0.3, -0.25) is 4.72 Å². The third-order valence-corrected chi connectivity index (χ3v) is 5.69. The number of nitrogens with zero attached hydrogens (tertiary/aromatic N) is 3. The van der Waals surface area contributed by atoms with Gasteiger partial charge in [0.1, 0.15) is 5.75 Å². The fourth-order valence-electron chi connectivity index (χ4n) is 3.02. The molecule has 1 N–H and O–H groups in total. The smallest absolute Gasteiger partial charge is 0.263 e. The zero-order valence-corrected chi connectivity index (χ0v) is 15.9. The van der Waals surface area contributed by atoms with Crippen molar-refractivity contribution in [1.29, 1.82) is 0 Å². The lowest BCUT2D eigenvalue weighted by molar-refractivity contribution is 0.340. The standard InChI is InChI=1S/C18H24N4O3S/c1-3-25-15-6-8-16(9-7-15)26(23,24)21-17-10-11-18(20-19-17)22-12-4-5-14(2)13-22/h6-11,14H,3-5,12-13H2,1-2H3,(H,19,21). The molecule has 1 fully saturated rings. The summed E-state index contributed by atoms with van der Waals surface area (Å²) in [6.45, 7) is 6.53. The van der Waals surface area contributed by atoms with Crippen LogP contribution in [-0.2, 0) is 10.0 Å². The minimum atomic E-state index is -3.71. The van der Waals surface area contributed by atoms with Gasteiger partial charge in [0.25, 0.3) is 10.0 Å². The Bertz CT molecular complexity index is 823. The van der Waals surface area contributed by atoms with Crippen LogP contribution in [-0.4, -0.2) is 38.3 Å². The topological polar surface area (TPSA) is 84.4 Å². The predicted octanol–water partition coefficient (Wildman–Crippen LogP) is 2.91. The van der Waals surface area contributed by atoms with E-state index in [2.05, 4.69) is 26.7 Å². The van der Waals surface area contributed by atoms with Gasteiger partial charge in [-0.05, 0) is 62.1 Å². The number of benzene rings is 1. The molecule has 1 saturated heterocycles. The lowest BCUT2D eigenvalue weighted by atomic mass is 10.0. The van der Waals surface area contributed by atoms with Crippen LogP contribution in [0, 0.1) is 5.92 Å². The first-order valence-corrected chi connectivity index (χ1v) is 10.3. The molecule has 1 aromatic heterocycles. The number of hydrogen-bond donors (Lipinski definition) is 1. The number of anilines is 2. The molecule has 1 aliphatic rings. The summed E-state index contributed by atoms with van der Waals surface area (Å²) in [5.74, 6) is 2.24. The fraction of sp³-hybridized carbons (Fsp3) is 0.444. The maximum absolute atomic E-state index is 12.5. The molecule has 2 aromatic rings. The highest BCUT2D eigenvalue weighted by Gasteiger charge is 2.19. The van der Waals surface area contributed by atoms with Crippen molar-refractivity contribution in [2.24, 2.45) is 5.92 Å². The largest absolute Gasteiger partial charge is 0.494 e. The van der Waals surface area contributed by atoms with Crippen LogP contribution in [0.5, 0.6) is 5.75 Å². The molecule has 140 valence electrons. The Morgan fingerprint density at radius 1 is 1.19 bits per heavy atom. The van der Waals surface area contributed by atoms with Gasteiger partial charge in [0.05, 0.1) is 11.5 Å². The molecule has 1 atom stereocenters. The van der Waals surface area contributed by atoms with Crippen molar-refractivity contribution in [3.8, 4) is 5.75 Å². The monoisotopic (exact) mass is 376 g/mol. The molecule has 7 nitrogen and oxygen atoms in total. The van der Waals surface area contributed by atoms with E-state index in [0.29, 0.717) is 18.3 Å². The zero-order valence-electron chi connectivity index (χ0n) is 15.1. The molecule has 0 saturated carbocycles. The molecule has 0 radical (unpaired) electrons. The third-order valence-electron chi connectivity index (χ3n) is 4.32. The van der Waals surface area contributed by atoms with Crippen LogP contribution in [0.3, 0.4) is 0 Å². The summed E-state index contributed by atoms with van der Waals surface area (Å²) in [6.07, 6.45) is 2.36. The van der Waals surface area contributed by atoms with Crippen LogP contribution in [0.2, 0.25) is 0 Å². The van der Waals surface area contributed by atoms with Gasteiger partial charge in [0.2, 0.25) is 0 Å². The van der Waals surface area contributed by atoms with Crippen molar-refractivity contribution in [2.75, 3.05) is 29.3 Å². The normalized spacial score (nSPS) is 17.8. The van der Waals surface area contributed by atoms with Gasteiger partial charge >= 0.3 is 0 Å². The maximum Gasteiger partial charge on any atom is 0.263 e. The van der Waals surface area contributed by atoms with E-state index in [1.807, 2.05) is 6.92 Å². The van der Waals surface area contributed by atoms with E-state index in [1.165, 1.54) is 18.6 Å². The summed E-state index contributed by atoms with van der Waals surface area (Å²) in [7, 11) is -3.71. The van der Waals surface area contributed by atoms with Gasteiger partial charge in [0.15, 0.2) is 11.6 Å². The van der Waals surface area contributed by atoms with E-state index in [-0.39, 0.29) is 10.7 Å². The van der Waals surface area contributed by atoms with Crippen molar-refractivity contribution < 1.29 is 13.2 Å². The second kappa shape index (κ2) is 7.90. The summed E-state index contributed by atoms with van der Waals surface area (Å²) < 4.78 is 32.7. The number of rotatable bonds is 6. The number of aromatic nitrogens is 2. The molecule has 0 bridgehead atoms. The van der Waals surface area contributed by atoms with Crippen LogP contribution in [0.25, 0.3) is 0 Å². The molecule has 3 rings (SSSR count). The number of ether oxygens (including phenoxy) is 1. The van der Waals surface area contributed by atoms with Crippen molar-refractivity contribution >= 4 is 21.7 Å². The van der Waals surface area contributed by atoms with Crippen molar-refractivity contribution in [1.82, 2.24) is 10.2 Å². The highest BCUT2D eigenvalue weighted by atomic mass is 32.2. The average molecular weight is 376 g/mol. The van der Waals surface area contributed by atoms with Gasteiger partial charge in [-0.2, -0.15) is 0 Å². The average Bonchev–Trinajstić information content (AvgIpc) is 2.63. The summed E-state index contributed by atoms with van der Waals surface area (Å²) in [6, 6.07) is 9.72. The molecule has 1 aromatic carbocycles. The lowest BCUT2D eigenvalue weighted by Gasteiger charge is -2.31. The van der Waals surface area contributed by atoms with E-state index >= 15 is 0 Å². The highest BCUT2D eigenvalue weighted by Crippen LogP contribution is 2.22. The van der Waals surface area contributed by atoms with Crippen LogP contribution in [0.1, 0.15) is 26.7 Å². The van der Waals surface area contributed by atoms with Crippen LogP contribution in [0.4, 0.5) is 11.6 Å². The van der Waals surface area contributed by atoms with Gasteiger partial charge in [-0.1, -0.05) is 6.92 Å². The molecule has 8 heteroatoms. The first-order valence-electron chi connectivity index (χ1n) is 8.82. The number of piperidine rings is 1. The molecule has 0 amide bonds. The van der Waals surface area contributed by atoms with E-state index < -0.39 is 10.0 Å². The van der Waals surface area contributed by atoms with Gasteiger partial charge < -0.3 is 9.64 Å². The Balaban J connectivity index is 1.69. The highest BCUT2D eigenvalue weighted by molar-refractivity contribution is 7.92. The molecule has 0 aliphatic carbocycles. The van der Waals surface area contributed by atoms with Crippen molar-refractivity contribution in [2.45, 2.75) is 31.6 Å². The Kier molecular flexibility index (Phi) is 5.61. The molecule has 26 heavy (non-hydrogen) atoms. The van der Waals surface area contributed by atoms with E-state index in [4.69, 9.17) is 4.74 Å². The first kappa shape index (κ1) is 18.4. The molecule has 1 unspecified atom stereocenters. The number of hydrogen-bond acceptors (Lipinski definition) is 6. The van der Waals surface area contributed by atoms with Gasteiger partial charge in [-0.15, -0.1) is 10.2 Å². The Hall–Kier alpha value is -2.35. The molecular weight excluding hydrogens is 352 g/mol. The second-order valence-corrected chi connectivity index (χ2v) is 8.16. The Labute approximate surface area is 154 Å². The molecule has 1 aliphatic heterocycles.